The van der Waals surface area contributed by atoms with Crippen LogP contribution in [-0.2, 0) is 11.2 Å². The summed E-state index contributed by atoms with van der Waals surface area (Å²) in [5.41, 5.74) is 2.54. The van der Waals surface area contributed by atoms with E-state index >= 15 is 0 Å². The predicted molar refractivity (Wildman–Crippen MR) is 73.9 cm³/mol. The van der Waals surface area contributed by atoms with E-state index in [0.717, 1.165) is 38.8 Å². The molecule has 1 amide bonds. The summed E-state index contributed by atoms with van der Waals surface area (Å²) in [7, 11) is 0. The molecule has 2 unspecified atom stereocenters. The molecule has 1 aromatic rings. The molecule has 3 nitrogen and oxygen atoms in total. The molecule has 0 saturated carbocycles. The van der Waals surface area contributed by atoms with Crippen LogP contribution in [0.5, 0.6) is 0 Å². The lowest BCUT2D eigenvalue weighted by Crippen LogP contribution is -2.44. The predicted octanol–water partition coefficient (Wildman–Crippen LogP) is 1.95. The molecule has 19 heavy (non-hydrogen) atoms. The summed E-state index contributed by atoms with van der Waals surface area (Å²) >= 11 is 0. The van der Waals surface area contributed by atoms with Crippen LogP contribution < -0.4 is 0 Å². The highest BCUT2D eigenvalue weighted by molar-refractivity contribution is 5.87. The normalized spacial score (nSPS) is 25.6. The van der Waals surface area contributed by atoms with Gasteiger partial charge in [-0.05, 0) is 42.7 Å². The van der Waals surface area contributed by atoms with Crippen molar-refractivity contribution in [2.24, 2.45) is 5.92 Å². The third kappa shape index (κ3) is 2.39. The summed E-state index contributed by atoms with van der Waals surface area (Å²) in [6, 6.07) is 8.25. The van der Waals surface area contributed by atoms with Gasteiger partial charge in [-0.2, -0.15) is 0 Å². The summed E-state index contributed by atoms with van der Waals surface area (Å²) in [6.07, 6.45) is 3.94. The molecule has 2 aliphatic rings. The van der Waals surface area contributed by atoms with Crippen molar-refractivity contribution in [2.75, 3.05) is 19.7 Å². The number of amides is 1. The lowest BCUT2D eigenvalue weighted by molar-refractivity contribution is -0.135. The first-order chi connectivity index (χ1) is 9.29. The van der Waals surface area contributed by atoms with Crippen LogP contribution in [0.25, 0.3) is 0 Å². The highest BCUT2D eigenvalue weighted by atomic mass is 16.3. The van der Waals surface area contributed by atoms with Crippen molar-refractivity contribution in [2.45, 2.75) is 31.6 Å². The minimum absolute atomic E-state index is 0.0871. The Morgan fingerprint density at radius 1 is 1.37 bits per heavy atom. The SMILES string of the molecule is O=C(C1Cc2ccccc21)N1CCCC(CCO)C1. The van der Waals surface area contributed by atoms with Crippen molar-refractivity contribution in [3.8, 4) is 0 Å². The largest absolute Gasteiger partial charge is 0.396 e. The van der Waals surface area contributed by atoms with E-state index in [2.05, 4.69) is 12.1 Å². The van der Waals surface area contributed by atoms with Gasteiger partial charge in [-0.3, -0.25) is 4.79 Å². The maximum absolute atomic E-state index is 12.6. The Bertz CT molecular complexity index is 470. The van der Waals surface area contributed by atoms with Gasteiger partial charge in [-0.15, -0.1) is 0 Å². The van der Waals surface area contributed by atoms with Crippen molar-refractivity contribution >= 4 is 5.91 Å². The standard InChI is InChI=1S/C16H21NO2/c18-9-7-12-4-3-8-17(11-12)16(19)15-10-13-5-1-2-6-14(13)15/h1-2,5-6,12,15,18H,3-4,7-11H2. The van der Waals surface area contributed by atoms with Gasteiger partial charge in [0.05, 0.1) is 5.92 Å². The average molecular weight is 259 g/mol. The smallest absolute Gasteiger partial charge is 0.230 e. The lowest BCUT2D eigenvalue weighted by atomic mass is 9.76. The van der Waals surface area contributed by atoms with Gasteiger partial charge in [0.15, 0.2) is 0 Å². The van der Waals surface area contributed by atoms with Crippen molar-refractivity contribution < 1.29 is 9.90 Å². The van der Waals surface area contributed by atoms with Crippen LogP contribution in [-0.4, -0.2) is 35.6 Å². The summed E-state index contributed by atoms with van der Waals surface area (Å²) < 4.78 is 0. The van der Waals surface area contributed by atoms with Gasteiger partial charge in [-0.25, -0.2) is 0 Å². The number of benzene rings is 1. The number of hydrogen-bond acceptors (Lipinski definition) is 2. The first kappa shape index (κ1) is 12.7. The second-order valence-electron chi connectivity index (χ2n) is 5.76. The summed E-state index contributed by atoms with van der Waals surface area (Å²) in [5, 5.41) is 9.04. The second-order valence-corrected chi connectivity index (χ2v) is 5.76. The van der Waals surface area contributed by atoms with Gasteiger partial charge in [0.1, 0.15) is 0 Å². The molecule has 1 N–H and O–H groups in total. The van der Waals surface area contributed by atoms with Gasteiger partial charge in [0.25, 0.3) is 0 Å². The van der Waals surface area contributed by atoms with Gasteiger partial charge in [-0.1, -0.05) is 24.3 Å². The fourth-order valence-corrected chi connectivity index (χ4v) is 3.38. The molecule has 3 rings (SSSR count). The Kier molecular flexibility index (Phi) is 3.56. The molecule has 2 atom stereocenters. The molecular formula is C16H21NO2. The quantitative estimate of drug-likeness (QED) is 0.901. The van der Waals surface area contributed by atoms with Gasteiger partial charge in [0, 0.05) is 19.7 Å². The number of aliphatic hydroxyl groups excluding tert-OH is 1. The molecular weight excluding hydrogens is 238 g/mol. The lowest BCUT2D eigenvalue weighted by Gasteiger charge is -2.38. The van der Waals surface area contributed by atoms with E-state index in [1.165, 1.54) is 11.1 Å². The minimum Gasteiger partial charge on any atom is -0.396 e. The van der Waals surface area contributed by atoms with Crippen LogP contribution in [0, 0.1) is 5.92 Å². The van der Waals surface area contributed by atoms with E-state index in [9.17, 15) is 4.79 Å². The zero-order chi connectivity index (χ0) is 13.2. The second kappa shape index (κ2) is 5.33. The van der Waals surface area contributed by atoms with E-state index in [4.69, 9.17) is 5.11 Å². The van der Waals surface area contributed by atoms with Gasteiger partial charge < -0.3 is 10.0 Å². The van der Waals surface area contributed by atoms with Crippen molar-refractivity contribution in [3.05, 3.63) is 35.4 Å². The molecule has 1 saturated heterocycles. The van der Waals surface area contributed by atoms with E-state index in [0.29, 0.717) is 11.8 Å². The van der Waals surface area contributed by atoms with E-state index in [-0.39, 0.29) is 12.5 Å². The number of rotatable bonds is 3. The van der Waals surface area contributed by atoms with Crippen LogP contribution in [0.2, 0.25) is 0 Å². The fourth-order valence-electron chi connectivity index (χ4n) is 3.38. The molecule has 1 aromatic carbocycles. The fraction of sp³-hybridized carbons (Fsp3) is 0.562. The first-order valence-electron chi connectivity index (χ1n) is 7.27. The molecule has 0 bridgehead atoms. The maximum Gasteiger partial charge on any atom is 0.230 e. The zero-order valence-corrected chi connectivity index (χ0v) is 11.2. The topological polar surface area (TPSA) is 40.5 Å². The van der Waals surface area contributed by atoms with Gasteiger partial charge >= 0.3 is 0 Å². The summed E-state index contributed by atoms with van der Waals surface area (Å²) in [4.78, 5) is 14.6. The Morgan fingerprint density at radius 3 is 3.00 bits per heavy atom. The molecule has 3 heteroatoms. The number of fused-ring (bicyclic) bond motifs is 1. The highest BCUT2D eigenvalue weighted by Crippen LogP contribution is 2.37. The Balaban J connectivity index is 1.65. The molecule has 1 heterocycles. The van der Waals surface area contributed by atoms with E-state index in [1.54, 1.807) is 0 Å². The molecule has 1 aliphatic heterocycles. The number of nitrogens with zero attached hydrogens (tertiary/aromatic N) is 1. The van der Waals surface area contributed by atoms with E-state index in [1.807, 2.05) is 17.0 Å². The van der Waals surface area contributed by atoms with Gasteiger partial charge in [0.2, 0.25) is 5.91 Å². The molecule has 0 aromatic heterocycles. The average Bonchev–Trinajstić information content (AvgIpc) is 2.41. The Labute approximate surface area is 114 Å². The van der Waals surface area contributed by atoms with Crippen LogP contribution in [0.15, 0.2) is 24.3 Å². The van der Waals surface area contributed by atoms with Crippen LogP contribution in [0.1, 0.15) is 36.3 Å². The molecule has 1 aliphatic carbocycles. The number of carbonyl (C=O) groups excluding carboxylic acids is 1. The highest BCUT2D eigenvalue weighted by Gasteiger charge is 2.36. The van der Waals surface area contributed by atoms with Crippen molar-refractivity contribution in [1.82, 2.24) is 4.90 Å². The van der Waals surface area contributed by atoms with Crippen molar-refractivity contribution in [1.29, 1.82) is 0 Å². The summed E-state index contributed by atoms with van der Waals surface area (Å²) in [5.74, 6) is 0.864. The third-order valence-electron chi connectivity index (χ3n) is 4.52. The van der Waals surface area contributed by atoms with Crippen LogP contribution >= 0.6 is 0 Å². The minimum atomic E-state index is 0.0871. The summed E-state index contributed by atoms with van der Waals surface area (Å²) in [6.45, 7) is 1.95. The molecule has 0 radical (unpaired) electrons. The Hall–Kier alpha value is -1.35. The van der Waals surface area contributed by atoms with Crippen molar-refractivity contribution in [3.63, 3.8) is 0 Å². The number of carbonyl (C=O) groups is 1. The zero-order valence-electron chi connectivity index (χ0n) is 11.2. The maximum atomic E-state index is 12.6. The number of piperidine rings is 1. The molecule has 1 fully saturated rings. The molecule has 102 valence electrons. The number of hydrogen-bond donors (Lipinski definition) is 1. The first-order valence-corrected chi connectivity index (χ1v) is 7.27. The third-order valence-corrected chi connectivity index (χ3v) is 4.52. The van der Waals surface area contributed by atoms with Crippen LogP contribution in [0.3, 0.4) is 0 Å². The Morgan fingerprint density at radius 2 is 2.21 bits per heavy atom. The number of aliphatic hydroxyl groups is 1. The monoisotopic (exact) mass is 259 g/mol. The number of likely N-dealkylation sites (tertiary alicyclic amines) is 1. The van der Waals surface area contributed by atoms with E-state index < -0.39 is 0 Å². The molecule has 0 spiro atoms. The van der Waals surface area contributed by atoms with Crippen LogP contribution in [0.4, 0.5) is 0 Å².